The molecule has 140 valence electrons. The molecule has 0 amide bonds. The third kappa shape index (κ3) is 3.52. The minimum absolute atomic E-state index is 0.00158. The number of aromatic nitrogens is 2. The molecule has 1 saturated heterocycles. The van der Waals surface area contributed by atoms with Gasteiger partial charge in [-0.2, -0.15) is 0 Å². The standard InChI is InChI=1S/C20H25F2N3O/c1-13-18-16(19(21)22)10-17(23-20(18)26-24-13)15-8-5-9-25(12-15)11-14-6-3-2-4-7-14/h2-3,10,14-15,19H,4-9,11-12H2,1H3. The third-order valence-electron chi connectivity index (χ3n) is 5.72. The molecule has 2 aromatic heterocycles. The van der Waals surface area contributed by atoms with Gasteiger partial charge in [-0.1, -0.05) is 17.3 Å². The van der Waals surface area contributed by atoms with E-state index in [9.17, 15) is 8.78 Å². The van der Waals surface area contributed by atoms with Gasteiger partial charge in [-0.25, -0.2) is 13.8 Å². The van der Waals surface area contributed by atoms with E-state index in [1.54, 1.807) is 13.0 Å². The van der Waals surface area contributed by atoms with Crippen molar-refractivity contribution in [3.05, 3.63) is 35.2 Å². The lowest BCUT2D eigenvalue weighted by Crippen LogP contribution is -2.38. The number of halogens is 2. The Bertz CT molecular complexity index is 802. The topological polar surface area (TPSA) is 42.2 Å². The Labute approximate surface area is 152 Å². The quantitative estimate of drug-likeness (QED) is 0.718. The van der Waals surface area contributed by atoms with Crippen molar-refractivity contribution in [3.63, 3.8) is 0 Å². The van der Waals surface area contributed by atoms with Crippen molar-refractivity contribution in [1.82, 2.24) is 15.0 Å². The number of pyridine rings is 1. The molecule has 1 aliphatic heterocycles. The number of aryl methyl sites for hydroxylation is 1. The summed E-state index contributed by atoms with van der Waals surface area (Å²) in [5.41, 5.74) is 1.44. The van der Waals surface area contributed by atoms with Crippen molar-refractivity contribution >= 4 is 11.1 Å². The zero-order valence-corrected chi connectivity index (χ0v) is 15.1. The first-order chi connectivity index (χ1) is 12.6. The molecular weight excluding hydrogens is 336 g/mol. The second-order valence-electron chi connectivity index (χ2n) is 7.63. The summed E-state index contributed by atoms with van der Waals surface area (Å²) >= 11 is 0. The minimum atomic E-state index is -2.55. The molecule has 2 unspecified atom stereocenters. The van der Waals surface area contributed by atoms with E-state index in [-0.39, 0.29) is 17.2 Å². The van der Waals surface area contributed by atoms with E-state index in [4.69, 9.17) is 4.52 Å². The van der Waals surface area contributed by atoms with Crippen LogP contribution < -0.4 is 0 Å². The van der Waals surface area contributed by atoms with Gasteiger partial charge < -0.3 is 9.42 Å². The van der Waals surface area contributed by atoms with Crippen LogP contribution in [0, 0.1) is 12.8 Å². The molecule has 0 spiro atoms. The monoisotopic (exact) mass is 361 g/mol. The van der Waals surface area contributed by atoms with Gasteiger partial charge in [-0.15, -0.1) is 0 Å². The number of rotatable bonds is 4. The molecule has 0 saturated carbocycles. The largest absolute Gasteiger partial charge is 0.336 e. The first-order valence-corrected chi connectivity index (χ1v) is 9.54. The van der Waals surface area contributed by atoms with Crippen molar-refractivity contribution in [2.24, 2.45) is 5.92 Å². The van der Waals surface area contributed by atoms with Gasteiger partial charge in [0.25, 0.3) is 12.1 Å². The lowest BCUT2D eigenvalue weighted by molar-refractivity contribution is 0.152. The molecule has 26 heavy (non-hydrogen) atoms. The summed E-state index contributed by atoms with van der Waals surface area (Å²) in [6, 6.07) is 1.58. The van der Waals surface area contributed by atoms with Gasteiger partial charge in [0.15, 0.2) is 0 Å². The van der Waals surface area contributed by atoms with Crippen LogP contribution in [0.25, 0.3) is 11.1 Å². The average Bonchev–Trinajstić information content (AvgIpc) is 3.03. The Kier molecular flexibility index (Phi) is 5.02. The Morgan fingerprint density at radius 2 is 2.19 bits per heavy atom. The highest BCUT2D eigenvalue weighted by atomic mass is 19.3. The maximum Gasteiger partial charge on any atom is 0.264 e. The number of piperidine rings is 1. The van der Waals surface area contributed by atoms with Crippen LogP contribution in [-0.2, 0) is 0 Å². The van der Waals surface area contributed by atoms with Crippen molar-refractivity contribution in [2.45, 2.75) is 51.4 Å². The first kappa shape index (κ1) is 17.6. The molecule has 3 heterocycles. The summed E-state index contributed by atoms with van der Waals surface area (Å²) in [6.45, 7) is 4.74. The fourth-order valence-corrected chi connectivity index (χ4v) is 4.38. The molecule has 0 bridgehead atoms. The van der Waals surface area contributed by atoms with Crippen LogP contribution in [0.3, 0.4) is 0 Å². The second-order valence-corrected chi connectivity index (χ2v) is 7.63. The molecule has 4 rings (SSSR count). The Morgan fingerprint density at radius 1 is 1.31 bits per heavy atom. The Morgan fingerprint density at radius 3 is 2.96 bits per heavy atom. The molecule has 2 aliphatic rings. The Balaban J connectivity index is 1.55. The molecule has 1 fully saturated rings. The highest BCUT2D eigenvalue weighted by molar-refractivity contribution is 5.80. The van der Waals surface area contributed by atoms with Crippen molar-refractivity contribution < 1.29 is 13.3 Å². The molecule has 2 aromatic rings. The van der Waals surface area contributed by atoms with E-state index in [2.05, 4.69) is 27.2 Å². The van der Waals surface area contributed by atoms with Crippen LogP contribution in [-0.4, -0.2) is 34.7 Å². The van der Waals surface area contributed by atoms with Crippen molar-refractivity contribution in [3.8, 4) is 0 Å². The maximum absolute atomic E-state index is 13.6. The van der Waals surface area contributed by atoms with Crippen molar-refractivity contribution in [2.75, 3.05) is 19.6 Å². The number of likely N-dealkylation sites (tertiary alicyclic amines) is 1. The average molecular weight is 361 g/mol. The lowest BCUT2D eigenvalue weighted by Gasteiger charge is -2.35. The zero-order chi connectivity index (χ0) is 18.1. The van der Waals surface area contributed by atoms with Crippen LogP contribution >= 0.6 is 0 Å². The lowest BCUT2D eigenvalue weighted by atomic mass is 9.90. The number of hydrogen-bond donors (Lipinski definition) is 0. The smallest absolute Gasteiger partial charge is 0.264 e. The molecule has 0 N–H and O–H groups in total. The molecule has 1 aliphatic carbocycles. The molecule has 0 aromatic carbocycles. The summed E-state index contributed by atoms with van der Waals surface area (Å²) in [6.07, 6.45) is 7.62. The van der Waals surface area contributed by atoms with E-state index >= 15 is 0 Å². The third-order valence-corrected chi connectivity index (χ3v) is 5.72. The minimum Gasteiger partial charge on any atom is -0.336 e. The highest BCUT2D eigenvalue weighted by Crippen LogP contribution is 2.34. The number of fused-ring (bicyclic) bond motifs is 1. The molecule has 2 atom stereocenters. The van der Waals surface area contributed by atoms with Crippen molar-refractivity contribution in [1.29, 1.82) is 0 Å². The summed E-state index contributed by atoms with van der Waals surface area (Å²) in [4.78, 5) is 7.03. The number of nitrogens with zero attached hydrogens (tertiary/aromatic N) is 3. The number of allylic oxidation sites excluding steroid dienone is 2. The number of hydrogen-bond acceptors (Lipinski definition) is 4. The van der Waals surface area contributed by atoms with Crippen LogP contribution in [0.2, 0.25) is 0 Å². The summed E-state index contributed by atoms with van der Waals surface area (Å²) in [7, 11) is 0. The fourth-order valence-electron chi connectivity index (χ4n) is 4.38. The predicted octanol–water partition coefficient (Wildman–Crippen LogP) is 5.00. The van der Waals surface area contributed by atoms with Gasteiger partial charge in [0.1, 0.15) is 0 Å². The zero-order valence-electron chi connectivity index (χ0n) is 15.1. The van der Waals surface area contributed by atoms with Gasteiger partial charge in [0.2, 0.25) is 0 Å². The van der Waals surface area contributed by atoms with Crippen LogP contribution in [0.4, 0.5) is 8.78 Å². The highest BCUT2D eigenvalue weighted by Gasteiger charge is 2.27. The van der Waals surface area contributed by atoms with E-state index in [0.29, 0.717) is 17.0 Å². The summed E-state index contributed by atoms with van der Waals surface area (Å²) in [5.74, 6) is 0.887. The first-order valence-electron chi connectivity index (χ1n) is 9.54. The van der Waals surface area contributed by atoms with Gasteiger partial charge in [-0.05, 0) is 57.6 Å². The van der Waals surface area contributed by atoms with E-state index in [1.807, 2.05) is 0 Å². The molecule has 4 nitrogen and oxygen atoms in total. The van der Waals surface area contributed by atoms with E-state index < -0.39 is 6.43 Å². The van der Waals surface area contributed by atoms with Crippen LogP contribution in [0.15, 0.2) is 22.7 Å². The Hall–Kier alpha value is -1.82. The van der Waals surface area contributed by atoms with Gasteiger partial charge >= 0.3 is 0 Å². The summed E-state index contributed by atoms with van der Waals surface area (Å²) in [5, 5.41) is 4.20. The van der Waals surface area contributed by atoms with E-state index in [0.717, 1.165) is 44.6 Å². The normalized spacial score (nSPS) is 24.6. The SMILES string of the molecule is Cc1noc2nc(C3CCCN(CC4CC=CCC4)C3)cc(C(F)F)c12. The second kappa shape index (κ2) is 7.43. The number of alkyl halides is 2. The maximum atomic E-state index is 13.6. The predicted molar refractivity (Wildman–Crippen MR) is 96.4 cm³/mol. The molecule has 6 heteroatoms. The fraction of sp³-hybridized carbons (Fsp3) is 0.600. The van der Waals surface area contributed by atoms with Gasteiger partial charge in [0.05, 0.1) is 11.1 Å². The molecule has 0 radical (unpaired) electrons. The van der Waals surface area contributed by atoms with Crippen LogP contribution in [0.5, 0.6) is 0 Å². The summed E-state index contributed by atoms with van der Waals surface area (Å²) < 4.78 is 32.4. The van der Waals surface area contributed by atoms with Gasteiger partial charge in [0, 0.05) is 30.3 Å². The molecular formula is C20H25F2N3O. The van der Waals surface area contributed by atoms with Gasteiger partial charge in [-0.3, -0.25) is 0 Å². The van der Waals surface area contributed by atoms with Crippen LogP contribution in [0.1, 0.15) is 61.4 Å². The van der Waals surface area contributed by atoms with E-state index in [1.165, 1.54) is 12.8 Å².